The van der Waals surface area contributed by atoms with Crippen LogP contribution in [0, 0.1) is 0 Å². The van der Waals surface area contributed by atoms with E-state index in [0.717, 1.165) is 45.7 Å². The highest BCUT2D eigenvalue weighted by atomic mass is 16.5. The molecule has 88 valence electrons. The van der Waals surface area contributed by atoms with E-state index in [1.54, 1.807) is 0 Å². The van der Waals surface area contributed by atoms with Crippen molar-refractivity contribution in [2.24, 2.45) is 5.73 Å². The molecule has 0 amide bonds. The van der Waals surface area contributed by atoms with Crippen molar-refractivity contribution in [2.45, 2.75) is 30.8 Å². The molecule has 2 fully saturated rings. The fourth-order valence-corrected chi connectivity index (χ4v) is 2.70. The summed E-state index contributed by atoms with van der Waals surface area (Å²) in [6.45, 7) is 4.78. The highest BCUT2D eigenvalue weighted by molar-refractivity contribution is 4.99. The molecular weight excluding hydrogens is 190 g/mol. The van der Waals surface area contributed by atoms with Gasteiger partial charge in [0.15, 0.2) is 0 Å². The summed E-state index contributed by atoms with van der Waals surface area (Å²) in [6.07, 6.45) is 3.44. The molecule has 2 heterocycles. The van der Waals surface area contributed by atoms with Crippen LogP contribution in [0.15, 0.2) is 0 Å². The molecule has 1 atom stereocenters. The molecule has 2 rings (SSSR count). The summed E-state index contributed by atoms with van der Waals surface area (Å²) in [4.78, 5) is 2.36. The van der Waals surface area contributed by atoms with E-state index >= 15 is 0 Å². The normalized spacial score (nSPS) is 34.8. The third-order valence-corrected chi connectivity index (χ3v) is 3.67. The summed E-state index contributed by atoms with van der Waals surface area (Å²) in [5, 5.41) is 3.76. The Morgan fingerprint density at radius 2 is 2.20 bits per heavy atom. The average molecular weight is 213 g/mol. The molecule has 2 saturated heterocycles. The van der Waals surface area contributed by atoms with E-state index in [1.165, 1.54) is 6.42 Å². The lowest BCUT2D eigenvalue weighted by molar-refractivity contribution is 0.0687. The number of rotatable bonds is 3. The molecule has 4 nitrogen and oxygen atoms in total. The van der Waals surface area contributed by atoms with Crippen molar-refractivity contribution in [3.63, 3.8) is 0 Å². The van der Waals surface area contributed by atoms with Crippen LogP contribution in [0.25, 0.3) is 0 Å². The van der Waals surface area contributed by atoms with Gasteiger partial charge >= 0.3 is 0 Å². The van der Waals surface area contributed by atoms with Gasteiger partial charge in [0.1, 0.15) is 0 Å². The largest absolute Gasteiger partial charge is 0.381 e. The first-order chi connectivity index (χ1) is 7.24. The average Bonchev–Trinajstić information content (AvgIpc) is 2.62. The minimum Gasteiger partial charge on any atom is -0.381 e. The number of nitrogens with zero attached hydrogens (tertiary/aromatic N) is 1. The van der Waals surface area contributed by atoms with Crippen molar-refractivity contribution in [3.05, 3.63) is 0 Å². The molecule has 3 N–H and O–H groups in total. The summed E-state index contributed by atoms with van der Waals surface area (Å²) in [6, 6.07) is 0.605. The zero-order valence-corrected chi connectivity index (χ0v) is 9.67. The van der Waals surface area contributed by atoms with Crippen LogP contribution >= 0.6 is 0 Å². The third-order valence-electron chi connectivity index (χ3n) is 3.67. The van der Waals surface area contributed by atoms with E-state index < -0.39 is 0 Å². The van der Waals surface area contributed by atoms with Crippen molar-refractivity contribution in [3.8, 4) is 0 Å². The van der Waals surface area contributed by atoms with Gasteiger partial charge in [-0.1, -0.05) is 0 Å². The zero-order chi connectivity index (χ0) is 10.7. The topological polar surface area (TPSA) is 50.5 Å². The maximum atomic E-state index is 5.93. The molecule has 0 saturated carbocycles. The van der Waals surface area contributed by atoms with E-state index in [4.69, 9.17) is 10.5 Å². The summed E-state index contributed by atoms with van der Waals surface area (Å²) >= 11 is 0. The molecule has 15 heavy (non-hydrogen) atoms. The molecule has 0 aromatic heterocycles. The van der Waals surface area contributed by atoms with E-state index in [2.05, 4.69) is 17.3 Å². The molecule has 0 bridgehead atoms. The van der Waals surface area contributed by atoms with Crippen LogP contribution in [-0.4, -0.2) is 56.4 Å². The lowest BCUT2D eigenvalue weighted by Gasteiger charge is -2.35. The van der Waals surface area contributed by atoms with Gasteiger partial charge in [0.05, 0.1) is 0 Å². The van der Waals surface area contributed by atoms with Gasteiger partial charge in [0, 0.05) is 37.9 Å². The van der Waals surface area contributed by atoms with Crippen LogP contribution in [0.5, 0.6) is 0 Å². The molecule has 2 aliphatic heterocycles. The molecule has 2 aliphatic rings. The van der Waals surface area contributed by atoms with E-state index in [1.807, 2.05) is 0 Å². The lowest BCUT2D eigenvalue weighted by Crippen LogP contribution is -2.57. The third kappa shape index (κ3) is 2.69. The number of likely N-dealkylation sites (tertiary alicyclic amines) is 1. The van der Waals surface area contributed by atoms with Crippen LogP contribution in [0.1, 0.15) is 19.3 Å². The highest BCUT2D eigenvalue weighted by Crippen LogP contribution is 2.21. The first kappa shape index (κ1) is 11.3. The fourth-order valence-electron chi connectivity index (χ4n) is 2.70. The van der Waals surface area contributed by atoms with Crippen molar-refractivity contribution in [1.29, 1.82) is 0 Å². The van der Waals surface area contributed by atoms with Crippen LogP contribution in [-0.2, 0) is 4.74 Å². The number of nitrogens with two attached hydrogens (primary N) is 1. The van der Waals surface area contributed by atoms with Gasteiger partial charge in [-0.2, -0.15) is 0 Å². The Bertz CT molecular complexity index is 206. The van der Waals surface area contributed by atoms with Crippen LogP contribution in [0.2, 0.25) is 0 Å². The SMILES string of the molecule is CN1CCC(CN)(NC2CCOCC2)C1. The quantitative estimate of drug-likeness (QED) is 0.681. The second kappa shape index (κ2) is 4.78. The van der Waals surface area contributed by atoms with Gasteiger partial charge in [0.25, 0.3) is 0 Å². The first-order valence-corrected chi connectivity index (χ1v) is 5.98. The van der Waals surface area contributed by atoms with Gasteiger partial charge in [-0.15, -0.1) is 0 Å². The van der Waals surface area contributed by atoms with E-state index in [-0.39, 0.29) is 5.54 Å². The highest BCUT2D eigenvalue weighted by Gasteiger charge is 2.37. The van der Waals surface area contributed by atoms with Crippen LogP contribution in [0.3, 0.4) is 0 Å². The van der Waals surface area contributed by atoms with Gasteiger partial charge in [0.2, 0.25) is 0 Å². The summed E-state index contributed by atoms with van der Waals surface area (Å²) in [7, 11) is 2.17. The minimum atomic E-state index is 0.163. The van der Waals surface area contributed by atoms with Gasteiger partial charge in [-0.05, 0) is 32.9 Å². The Kier molecular flexibility index (Phi) is 3.61. The van der Waals surface area contributed by atoms with Crippen molar-refractivity contribution >= 4 is 0 Å². The molecule has 0 aliphatic carbocycles. The molecular formula is C11H23N3O. The molecule has 1 unspecified atom stereocenters. The second-order valence-electron chi connectivity index (χ2n) is 5.00. The van der Waals surface area contributed by atoms with Gasteiger partial charge in [-0.25, -0.2) is 0 Å². The van der Waals surface area contributed by atoms with E-state index in [0.29, 0.717) is 6.04 Å². The number of likely N-dealkylation sites (N-methyl/N-ethyl adjacent to an activating group) is 1. The van der Waals surface area contributed by atoms with Gasteiger partial charge < -0.3 is 20.7 Å². The Balaban J connectivity index is 1.89. The van der Waals surface area contributed by atoms with Crippen LogP contribution in [0.4, 0.5) is 0 Å². The molecule has 0 aromatic carbocycles. The maximum absolute atomic E-state index is 5.93. The fraction of sp³-hybridized carbons (Fsp3) is 1.00. The maximum Gasteiger partial charge on any atom is 0.0480 e. The second-order valence-corrected chi connectivity index (χ2v) is 5.00. The molecule has 0 aromatic rings. The Morgan fingerprint density at radius 3 is 2.73 bits per heavy atom. The van der Waals surface area contributed by atoms with Crippen molar-refractivity contribution in [2.75, 3.05) is 39.9 Å². The standard InChI is InChI=1S/C11H23N3O/c1-14-5-4-11(8-12,9-14)13-10-2-6-15-7-3-10/h10,13H,2-9,12H2,1H3. The molecule has 4 heteroatoms. The Morgan fingerprint density at radius 1 is 1.47 bits per heavy atom. The van der Waals surface area contributed by atoms with E-state index in [9.17, 15) is 0 Å². The van der Waals surface area contributed by atoms with Crippen molar-refractivity contribution in [1.82, 2.24) is 10.2 Å². The van der Waals surface area contributed by atoms with Crippen LogP contribution < -0.4 is 11.1 Å². The summed E-state index contributed by atoms with van der Waals surface area (Å²) < 4.78 is 5.37. The zero-order valence-electron chi connectivity index (χ0n) is 9.67. The predicted octanol–water partition coefficient (Wildman–Crippen LogP) is -0.212. The predicted molar refractivity (Wildman–Crippen MR) is 60.9 cm³/mol. The van der Waals surface area contributed by atoms with Gasteiger partial charge in [-0.3, -0.25) is 0 Å². The van der Waals surface area contributed by atoms with Crippen molar-refractivity contribution < 1.29 is 4.74 Å². The summed E-state index contributed by atoms with van der Waals surface area (Å²) in [5.41, 5.74) is 6.09. The smallest absolute Gasteiger partial charge is 0.0480 e. The molecule has 0 spiro atoms. The Labute approximate surface area is 92.1 Å². The molecule has 0 radical (unpaired) electrons. The summed E-state index contributed by atoms with van der Waals surface area (Å²) in [5.74, 6) is 0. The monoisotopic (exact) mass is 213 g/mol. The minimum absolute atomic E-state index is 0.163. The number of hydrogen-bond acceptors (Lipinski definition) is 4. The first-order valence-electron chi connectivity index (χ1n) is 5.98. The lowest BCUT2D eigenvalue weighted by atomic mass is 9.95. The Hall–Kier alpha value is -0.160. The number of ether oxygens (including phenoxy) is 1. The number of hydrogen-bond donors (Lipinski definition) is 2. The number of nitrogens with one attached hydrogen (secondary N) is 1.